The molecule has 27 heavy (non-hydrogen) atoms. The molecule has 0 atom stereocenters. The summed E-state index contributed by atoms with van der Waals surface area (Å²) in [5.74, 6) is 1.47. The molecule has 2 aromatic carbocycles. The molecule has 1 fully saturated rings. The molecule has 0 saturated heterocycles. The molecule has 144 valence electrons. The topological polar surface area (TPSA) is 68.8 Å². The van der Waals surface area contributed by atoms with Gasteiger partial charge < -0.3 is 24.8 Å². The summed E-state index contributed by atoms with van der Waals surface area (Å²) in [7, 11) is 4.63. The smallest absolute Gasteiger partial charge is 0.319 e. The number of hydrogen-bond donors (Lipinski definition) is 2. The highest BCUT2D eigenvalue weighted by Gasteiger charge is 2.38. The van der Waals surface area contributed by atoms with Crippen molar-refractivity contribution in [1.29, 1.82) is 0 Å². The second kappa shape index (κ2) is 8.20. The minimum Gasteiger partial charge on any atom is -0.493 e. The van der Waals surface area contributed by atoms with Gasteiger partial charge in [-0.2, -0.15) is 0 Å². The van der Waals surface area contributed by atoms with Crippen LogP contribution in [0.15, 0.2) is 42.5 Å². The van der Waals surface area contributed by atoms with Gasteiger partial charge in [-0.15, -0.1) is 0 Å². The van der Waals surface area contributed by atoms with E-state index in [0.29, 0.717) is 29.5 Å². The van der Waals surface area contributed by atoms with E-state index in [-0.39, 0.29) is 11.4 Å². The Morgan fingerprint density at radius 2 is 1.63 bits per heavy atom. The summed E-state index contributed by atoms with van der Waals surface area (Å²) < 4.78 is 15.9. The van der Waals surface area contributed by atoms with Crippen LogP contribution >= 0.6 is 0 Å². The molecule has 0 radical (unpaired) electrons. The van der Waals surface area contributed by atoms with Crippen LogP contribution in [0.1, 0.15) is 24.8 Å². The number of carbonyl (C=O) groups excluding carboxylic acids is 1. The lowest BCUT2D eigenvalue weighted by Gasteiger charge is -2.42. The zero-order valence-electron chi connectivity index (χ0n) is 16.0. The maximum atomic E-state index is 12.4. The molecule has 2 aromatic rings. The van der Waals surface area contributed by atoms with Crippen molar-refractivity contribution >= 4 is 11.7 Å². The van der Waals surface area contributed by atoms with Crippen LogP contribution in [-0.4, -0.2) is 33.9 Å². The summed E-state index contributed by atoms with van der Waals surface area (Å²) in [6, 6.07) is 13.5. The molecule has 1 saturated carbocycles. The predicted octanol–water partition coefficient (Wildman–Crippen LogP) is 3.96. The molecule has 6 nitrogen and oxygen atoms in total. The van der Waals surface area contributed by atoms with Gasteiger partial charge in [0.05, 0.1) is 27.0 Å². The SMILES string of the molecule is COc1cc(NC(=O)NCC2(c3ccccc3)CCC2)cc(OC)c1OC. The molecule has 0 bridgehead atoms. The Hall–Kier alpha value is -2.89. The number of hydrogen-bond acceptors (Lipinski definition) is 4. The number of nitrogens with one attached hydrogen (secondary N) is 2. The molecular weight excluding hydrogens is 344 g/mol. The van der Waals surface area contributed by atoms with Crippen molar-refractivity contribution in [3.05, 3.63) is 48.0 Å². The van der Waals surface area contributed by atoms with Crippen LogP contribution in [0.2, 0.25) is 0 Å². The highest BCUT2D eigenvalue weighted by molar-refractivity contribution is 5.90. The van der Waals surface area contributed by atoms with Gasteiger partial charge in [0.1, 0.15) is 0 Å². The van der Waals surface area contributed by atoms with Crippen LogP contribution in [0.4, 0.5) is 10.5 Å². The Morgan fingerprint density at radius 3 is 2.11 bits per heavy atom. The molecule has 6 heteroatoms. The Labute approximate surface area is 159 Å². The maximum absolute atomic E-state index is 12.4. The summed E-state index contributed by atoms with van der Waals surface area (Å²) in [6.07, 6.45) is 3.36. The first-order valence-corrected chi connectivity index (χ1v) is 9.02. The normalized spacial score (nSPS) is 14.6. The molecule has 3 rings (SSSR count). The zero-order chi connectivity index (χ0) is 19.3. The van der Waals surface area contributed by atoms with Crippen LogP contribution in [0.3, 0.4) is 0 Å². The van der Waals surface area contributed by atoms with Gasteiger partial charge in [0.25, 0.3) is 0 Å². The lowest BCUT2D eigenvalue weighted by molar-refractivity contribution is 0.222. The van der Waals surface area contributed by atoms with E-state index in [1.807, 2.05) is 18.2 Å². The zero-order valence-corrected chi connectivity index (χ0v) is 16.0. The van der Waals surface area contributed by atoms with Crippen molar-refractivity contribution < 1.29 is 19.0 Å². The van der Waals surface area contributed by atoms with Gasteiger partial charge in [0.2, 0.25) is 5.75 Å². The fraction of sp³-hybridized carbons (Fsp3) is 0.381. The summed E-state index contributed by atoms with van der Waals surface area (Å²) in [5.41, 5.74) is 1.89. The van der Waals surface area contributed by atoms with Crippen molar-refractivity contribution in [3.63, 3.8) is 0 Å². The summed E-state index contributed by atoms with van der Waals surface area (Å²) in [5, 5.41) is 5.86. The van der Waals surface area contributed by atoms with Crippen molar-refractivity contribution in [2.45, 2.75) is 24.7 Å². The van der Waals surface area contributed by atoms with E-state index in [4.69, 9.17) is 14.2 Å². The van der Waals surface area contributed by atoms with Gasteiger partial charge in [-0.3, -0.25) is 0 Å². The first-order valence-electron chi connectivity index (χ1n) is 9.02. The molecule has 0 aliphatic heterocycles. The van der Waals surface area contributed by atoms with E-state index < -0.39 is 0 Å². The van der Waals surface area contributed by atoms with Crippen LogP contribution in [0, 0.1) is 0 Å². The molecule has 1 aliphatic rings. The Balaban J connectivity index is 1.67. The first-order chi connectivity index (χ1) is 13.1. The van der Waals surface area contributed by atoms with Crippen LogP contribution in [0.5, 0.6) is 17.2 Å². The molecule has 1 aliphatic carbocycles. The maximum Gasteiger partial charge on any atom is 0.319 e. The van der Waals surface area contributed by atoms with Gasteiger partial charge in [0, 0.05) is 24.1 Å². The van der Waals surface area contributed by atoms with E-state index in [0.717, 1.165) is 12.8 Å². The number of urea groups is 1. The van der Waals surface area contributed by atoms with Crippen molar-refractivity contribution in [2.75, 3.05) is 33.2 Å². The standard InChI is InChI=1S/C21H26N2O4/c1-25-17-12-16(13-18(26-2)19(17)27-3)23-20(24)22-14-21(10-7-11-21)15-8-5-4-6-9-15/h4-6,8-9,12-13H,7,10-11,14H2,1-3H3,(H2,22,23,24). The Kier molecular flexibility index (Phi) is 5.74. The third kappa shape index (κ3) is 3.94. The van der Waals surface area contributed by atoms with Gasteiger partial charge in [-0.05, 0) is 18.4 Å². The fourth-order valence-electron chi connectivity index (χ4n) is 3.54. The summed E-state index contributed by atoms with van der Waals surface area (Å²) >= 11 is 0. The first kappa shape index (κ1) is 18.9. The quantitative estimate of drug-likeness (QED) is 0.774. The van der Waals surface area contributed by atoms with Crippen LogP contribution < -0.4 is 24.8 Å². The minimum atomic E-state index is -0.258. The summed E-state index contributed by atoms with van der Waals surface area (Å²) in [4.78, 5) is 12.4. The lowest BCUT2D eigenvalue weighted by Crippen LogP contribution is -2.46. The Bertz CT molecular complexity index is 763. The largest absolute Gasteiger partial charge is 0.493 e. The highest BCUT2D eigenvalue weighted by atomic mass is 16.5. The van der Waals surface area contributed by atoms with Crippen molar-refractivity contribution in [3.8, 4) is 17.2 Å². The van der Waals surface area contributed by atoms with Gasteiger partial charge in [-0.25, -0.2) is 4.79 Å². The third-order valence-corrected chi connectivity index (χ3v) is 5.21. The van der Waals surface area contributed by atoms with Crippen LogP contribution in [0.25, 0.3) is 0 Å². The van der Waals surface area contributed by atoms with E-state index >= 15 is 0 Å². The molecule has 0 aromatic heterocycles. The number of benzene rings is 2. The Morgan fingerprint density at radius 1 is 1.00 bits per heavy atom. The number of ether oxygens (including phenoxy) is 3. The number of methoxy groups -OCH3 is 3. The third-order valence-electron chi connectivity index (χ3n) is 5.21. The summed E-state index contributed by atoms with van der Waals surface area (Å²) in [6.45, 7) is 0.604. The lowest BCUT2D eigenvalue weighted by atomic mass is 9.64. The van der Waals surface area contributed by atoms with Gasteiger partial charge >= 0.3 is 6.03 Å². The molecule has 0 spiro atoms. The molecule has 2 amide bonds. The average Bonchev–Trinajstić information content (AvgIpc) is 2.67. The molecule has 0 heterocycles. The van der Waals surface area contributed by atoms with E-state index in [1.165, 1.54) is 12.0 Å². The molecular formula is C21H26N2O4. The number of amides is 2. The van der Waals surface area contributed by atoms with Gasteiger partial charge in [0.15, 0.2) is 11.5 Å². The van der Waals surface area contributed by atoms with E-state index in [1.54, 1.807) is 33.5 Å². The van der Waals surface area contributed by atoms with E-state index in [9.17, 15) is 4.79 Å². The predicted molar refractivity (Wildman–Crippen MR) is 105 cm³/mol. The number of anilines is 1. The number of rotatable bonds is 7. The second-order valence-corrected chi connectivity index (χ2v) is 6.72. The monoisotopic (exact) mass is 370 g/mol. The average molecular weight is 370 g/mol. The fourth-order valence-corrected chi connectivity index (χ4v) is 3.54. The highest BCUT2D eigenvalue weighted by Crippen LogP contribution is 2.43. The van der Waals surface area contributed by atoms with Crippen LogP contribution in [-0.2, 0) is 5.41 Å². The molecule has 2 N–H and O–H groups in total. The second-order valence-electron chi connectivity index (χ2n) is 6.72. The van der Waals surface area contributed by atoms with Crippen molar-refractivity contribution in [2.24, 2.45) is 0 Å². The van der Waals surface area contributed by atoms with Gasteiger partial charge in [-0.1, -0.05) is 36.8 Å². The number of carbonyl (C=O) groups is 1. The molecule has 0 unspecified atom stereocenters. The minimum absolute atomic E-state index is 0.0356. The van der Waals surface area contributed by atoms with Crippen molar-refractivity contribution in [1.82, 2.24) is 5.32 Å². The van der Waals surface area contributed by atoms with E-state index in [2.05, 4.69) is 22.8 Å².